The van der Waals surface area contributed by atoms with Gasteiger partial charge in [0.05, 0.1) is 11.0 Å². The zero-order valence-corrected chi connectivity index (χ0v) is 15.7. The maximum Gasteiger partial charge on any atom is 0.311 e. The number of rotatable bonds is 4. The lowest BCUT2D eigenvalue weighted by Crippen LogP contribution is -2.48. The topological polar surface area (TPSA) is 62.5 Å². The summed E-state index contributed by atoms with van der Waals surface area (Å²) in [5.41, 5.74) is 2.97. The van der Waals surface area contributed by atoms with Crippen LogP contribution < -0.4 is 0 Å². The molecule has 138 valence electrons. The number of hydrogen-bond donors (Lipinski definition) is 1. The Morgan fingerprint density at radius 3 is 2.54 bits per heavy atom. The van der Waals surface area contributed by atoms with Crippen molar-refractivity contribution in [3.63, 3.8) is 0 Å². The number of aromatic nitrogens is 1. The van der Waals surface area contributed by atoms with Crippen molar-refractivity contribution in [1.82, 2.24) is 9.47 Å². The van der Waals surface area contributed by atoms with Gasteiger partial charge in [-0.25, -0.2) is 0 Å². The van der Waals surface area contributed by atoms with Crippen molar-refractivity contribution in [2.45, 2.75) is 40.2 Å². The van der Waals surface area contributed by atoms with Gasteiger partial charge >= 0.3 is 5.97 Å². The molecule has 1 saturated heterocycles. The zero-order valence-electron chi connectivity index (χ0n) is 15.7. The second-order valence-corrected chi connectivity index (χ2v) is 7.55. The Kier molecular flexibility index (Phi) is 4.90. The summed E-state index contributed by atoms with van der Waals surface area (Å²) in [7, 11) is 0. The van der Waals surface area contributed by atoms with Crippen molar-refractivity contribution in [1.29, 1.82) is 0 Å². The van der Waals surface area contributed by atoms with E-state index in [0.717, 1.165) is 24.4 Å². The first-order valence-corrected chi connectivity index (χ1v) is 9.05. The smallest absolute Gasteiger partial charge is 0.311 e. The lowest BCUT2D eigenvalue weighted by atomic mass is 9.82. The first-order chi connectivity index (χ1) is 12.3. The van der Waals surface area contributed by atoms with Crippen LogP contribution in [0, 0.1) is 19.3 Å². The molecule has 1 aromatic heterocycles. The predicted molar refractivity (Wildman–Crippen MR) is 100 cm³/mol. The van der Waals surface area contributed by atoms with E-state index in [2.05, 4.69) is 16.7 Å². The molecule has 5 nitrogen and oxygen atoms in total. The number of aliphatic carboxylic acids is 1. The molecule has 0 radical (unpaired) electrons. The van der Waals surface area contributed by atoms with Gasteiger partial charge in [0.25, 0.3) is 5.91 Å². The van der Waals surface area contributed by atoms with Crippen molar-refractivity contribution in [3.05, 3.63) is 58.9 Å². The minimum Gasteiger partial charge on any atom is -0.481 e. The molecule has 0 aliphatic carbocycles. The number of aryl methyl sites for hydroxylation is 1. The molecule has 0 spiro atoms. The average Bonchev–Trinajstić information content (AvgIpc) is 2.90. The third-order valence-electron chi connectivity index (χ3n) is 5.49. The molecule has 2 heterocycles. The summed E-state index contributed by atoms with van der Waals surface area (Å²) in [5, 5.41) is 9.49. The summed E-state index contributed by atoms with van der Waals surface area (Å²) in [6.45, 7) is 7.30. The van der Waals surface area contributed by atoms with Crippen LogP contribution in [0.3, 0.4) is 0 Å². The highest BCUT2D eigenvalue weighted by atomic mass is 16.4. The van der Waals surface area contributed by atoms with Gasteiger partial charge in [-0.15, -0.1) is 0 Å². The van der Waals surface area contributed by atoms with Crippen LogP contribution in [0.2, 0.25) is 0 Å². The van der Waals surface area contributed by atoms with Crippen LogP contribution >= 0.6 is 0 Å². The number of carbonyl (C=O) groups excluding carboxylic acids is 1. The molecule has 5 heteroatoms. The number of benzene rings is 1. The van der Waals surface area contributed by atoms with Gasteiger partial charge in [-0.3, -0.25) is 9.59 Å². The Balaban J connectivity index is 1.84. The minimum absolute atomic E-state index is 0.0652. The average molecular weight is 354 g/mol. The number of nitrogens with zero attached hydrogens (tertiary/aromatic N) is 2. The van der Waals surface area contributed by atoms with E-state index >= 15 is 0 Å². The summed E-state index contributed by atoms with van der Waals surface area (Å²) >= 11 is 0. The molecule has 0 bridgehead atoms. The van der Waals surface area contributed by atoms with Crippen LogP contribution in [0.4, 0.5) is 0 Å². The third-order valence-corrected chi connectivity index (χ3v) is 5.49. The summed E-state index contributed by atoms with van der Waals surface area (Å²) in [6.07, 6.45) is 1.33. The first-order valence-electron chi connectivity index (χ1n) is 9.05. The molecule has 1 amide bonds. The summed E-state index contributed by atoms with van der Waals surface area (Å²) in [5.74, 6) is -0.894. The lowest BCUT2D eigenvalue weighted by Gasteiger charge is -2.37. The molecular formula is C21H26N2O3. The number of carboxylic acids is 1. The molecule has 1 atom stereocenters. The van der Waals surface area contributed by atoms with Crippen LogP contribution in [-0.4, -0.2) is 39.5 Å². The van der Waals surface area contributed by atoms with E-state index in [1.54, 1.807) is 11.8 Å². The van der Waals surface area contributed by atoms with Crippen molar-refractivity contribution in [3.8, 4) is 0 Å². The van der Waals surface area contributed by atoms with Crippen molar-refractivity contribution in [2.24, 2.45) is 5.41 Å². The molecular weight excluding hydrogens is 328 g/mol. The van der Waals surface area contributed by atoms with E-state index < -0.39 is 11.4 Å². The molecule has 1 N–H and O–H groups in total. The largest absolute Gasteiger partial charge is 0.481 e. The van der Waals surface area contributed by atoms with Crippen LogP contribution in [0.25, 0.3) is 0 Å². The SMILES string of the molecule is Cc1cc(C(=O)N2CCCC(C)(C(=O)O)C2)c(C)n1Cc1ccccc1. The Bertz CT molecular complexity index is 825. The van der Waals surface area contributed by atoms with Crippen molar-refractivity contribution in [2.75, 3.05) is 13.1 Å². The van der Waals surface area contributed by atoms with E-state index in [-0.39, 0.29) is 12.5 Å². The van der Waals surface area contributed by atoms with Gasteiger partial charge in [0.1, 0.15) is 0 Å². The third kappa shape index (κ3) is 3.39. The van der Waals surface area contributed by atoms with Crippen molar-refractivity contribution < 1.29 is 14.7 Å². The fourth-order valence-electron chi connectivity index (χ4n) is 3.78. The van der Waals surface area contributed by atoms with Crippen LogP contribution in [0.5, 0.6) is 0 Å². The minimum atomic E-state index is -0.858. The molecule has 1 aliphatic rings. The molecule has 0 saturated carbocycles. The monoisotopic (exact) mass is 354 g/mol. The zero-order chi connectivity index (χ0) is 18.9. The van der Waals surface area contributed by atoms with Gasteiger partial charge in [0, 0.05) is 31.0 Å². The second-order valence-electron chi connectivity index (χ2n) is 7.55. The Morgan fingerprint density at radius 2 is 1.88 bits per heavy atom. The number of amides is 1. The Hall–Kier alpha value is -2.56. The van der Waals surface area contributed by atoms with Gasteiger partial charge in [-0.05, 0) is 45.2 Å². The van der Waals surface area contributed by atoms with Crippen molar-refractivity contribution >= 4 is 11.9 Å². The normalized spacial score (nSPS) is 20.2. The molecule has 1 aliphatic heterocycles. The van der Waals surface area contributed by atoms with Gasteiger partial charge in [0.15, 0.2) is 0 Å². The molecule has 3 rings (SSSR count). The highest BCUT2D eigenvalue weighted by molar-refractivity contribution is 5.96. The Labute approximate surface area is 154 Å². The molecule has 1 unspecified atom stereocenters. The number of piperidine rings is 1. The number of hydrogen-bond acceptors (Lipinski definition) is 2. The fraction of sp³-hybridized carbons (Fsp3) is 0.429. The van der Waals surface area contributed by atoms with E-state index in [4.69, 9.17) is 0 Å². The Morgan fingerprint density at radius 1 is 1.19 bits per heavy atom. The van der Waals surface area contributed by atoms with Crippen LogP contribution in [-0.2, 0) is 11.3 Å². The number of carboxylic acid groups (broad SMARTS) is 1. The van der Waals surface area contributed by atoms with Crippen LogP contribution in [0.15, 0.2) is 36.4 Å². The highest BCUT2D eigenvalue weighted by Gasteiger charge is 2.40. The van der Waals surface area contributed by atoms with Crippen LogP contribution in [0.1, 0.15) is 47.1 Å². The van der Waals surface area contributed by atoms with Gasteiger partial charge < -0.3 is 14.6 Å². The summed E-state index contributed by atoms with van der Waals surface area (Å²) in [4.78, 5) is 26.3. The quantitative estimate of drug-likeness (QED) is 0.914. The van der Waals surface area contributed by atoms with Gasteiger partial charge in [0.2, 0.25) is 0 Å². The molecule has 1 aromatic carbocycles. The number of likely N-dealkylation sites (tertiary alicyclic amines) is 1. The van der Waals surface area contributed by atoms with E-state index in [1.807, 2.05) is 38.1 Å². The second kappa shape index (κ2) is 6.98. The standard InChI is InChI=1S/C21H26N2O3/c1-15-12-18(16(2)23(15)13-17-8-5-4-6-9-17)19(24)22-11-7-10-21(3,14-22)20(25)26/h4-6,8-9,12H,7,10-11,13-14H2,1-3H3,(H,25,26). The highest BCUT2D eigenvalue weighted by Crippen LogP contribution is 2.31. The van der Waals surface area contributed by atoms with Gasteiger partial charge in [-0.2, -0.15) is 0 Å². The first kappa shape index (κ1) is 18.2. The number of carbonyl (C=O) groups is 2. The fourth-order valence-corrected chi connectivity index (χ4v) is 3.78. The maximum atomic E-state index is 13.1. The van der Waals surface area contributed by atoms with E-state index in [0.29, 0.717) is 18.5 Å². The maximum absolute atomic E-state index is 13.1. The van der Waals surface area contributed by atoms with E-state index in [1.165, 1.54) is 5.56 Å². The molecule has 26 heavy (non-hydrogen) atoms. The predicted octanol–water partition coefficient (Wildman–Crippen LogP) is 3.48. The molecule has 1 fully saturated rings. The van der Waals surface area contributed by atoms with E-state index in [9.17, 15) is 14.7 Å². The summed E-state index contributed by atoms with van der Waals surface area (Å²) in [6, 6.07) is 12.1. The molecule has 2 aromatic rings. The van der Waals surface area contributed by atoms with Gasteiger partial charge in [-0.1, -0.05) is 30.3 Å². The lowest BCUT2D eigenvalue weighted by molar-refractivity contribution is -0.150. The summed E-state index contributed by atoms with van der Waals surface area (Å²) < 4.78 is 2.14.